The van der Waals surface area contributed by atoms with Crippen LogP contribution in [0.15, 0.2) is 223 Å². The number of carbonyl (C=O) groups is 2. The van der Waals surface area contributed by atoms with E-state index in [1.807, 2.05) is 13.8 Å². The molecule has 0 bridgehead atoms. The third kappa shape index (κ3) is 18.2. The van der Waals surface area contributed by atoms with Crippen LogP contribution in [-0.4, -0.2) is 65.5 Å². The second-order valence-corrected chi connectivity index (χ2v) is 31.3. The Labute approximate surface area is 586 Å². The van der Waals surface area contributed by atoms with Gasteiger partial charge in [-0.25, -0.2) is 18.7 Å². The van der Waals surface area contributed by atoms with Gasteiger partial charge in [0, 0.05) is 35.4 Å². The molecular weight excluding hydrogens is 1450 g/mol. The molecule has 14 rings (SSSR count). The second kappa shape index (κ2) is 33.0. The van der Waals surface area contributed by atoms with Crippen molar-refractivity contribution in [3.8, 4) is 58.5 Å². The summed E-state index contributed by atoms with van der Waals surface area (Å²) >= 11 is 3.02. The number of ether oxygens (including phenoxy) is 2. The van der Waals surface area contributed by atoms with Crippen molar-refractivity contribution < 1.29 is 54.0 Å². The summed E-state index contributed by atoms with van der Waals surface area (Å²) in [6, 6.07) is 70.3. The number of primary amides is 2. The third-order valence-electron chi connectivity index (χ3n) is 17.0. The number of imidazole rings is 2. The maximum absolute atomic E-state index is 14.5. The molecule has 0 saturated heterocycles. The molecule has 2 saturated carbocycles. The smallest absolute Gasteiger partial charge is 0.0134 e. The number of carbonyl (C=O) groups excluding carboxylic acids is 2. The van der Waals surface area contributed by atoms with E-state index in [0.717, 1.165) is 25.7 Å². The van der Waals surface area contributed by atoms with E-state index in [9.17, 15) is 28.6 Å². The summed E-state index contributed by atoms with van der Waals surface area (Å²) in [4.78, 5) is 31.1. The summed E-state index contributed by atoms with van der Waals surface area (Å²) < 4.78 is 43.0. The standard InChI is InChI=1S/C20H20FN3O3.2C18H15P.C12H9BrFN3O2.C8H12O.2ClH.Pd/c1-19(5-6-19)20(2,26)4-3-12-9-13-16(10-14(12)21)27-8-7-24-11-15(17(22)25)23-18(13)24;2*1-4-10-16(11-5-1)19(17-12-6-2-7-13-17)18-14-8-3-9-15-18;13-7-3-6-10(4-8(7)14)19-2-1-17-5-9(11(15)18)16-12(6)17;1-4-8(3,9)7(2)5-6-7;;;/h9-11,26H,5-8H2,1-2H3,(H2,22,25);2*1-15H;3-5H,1-2H2,(H2,15,18);1,9H,5-6H2,2-3H3;2*1H;/q;;;;;;;+2/p-2. The monoisotopic (exact) mass is 1520 g/mol. The number of benzene rings is 8. The van der Waals surface area contributed by atoms with E-state index in [4.69, 9.17) is 46.4 Å². The number of aromatic nitrogens is 4. The number of amides is 2. The number of nitrogens with zero attached hydrogens (tertiary/aromatic N) is 4. The van der Waals surface area contributed by atoms with Gasteiger partial charge >= 0.3 is 35.0 Å². The Hall–Kier alpha value is -7.80. The minimum Gasteiger partial charge on any atom is -0.0622 e. The zero-order valence-electron chi connectivity index (χ0n) is 53.1. The number of rotatable bonds is 10. The number of nitrogens with two attached hydrogens (primary N) is 2. The van der Waals surface area contributed by atoms with E-state index in [1.54, 1.807) is 41.4 Å². The zero-order chi connectivity index (χ0) is 68.6. The van der Waals surface area contributed by atoms with Crippen molar-refractivity contribution in [3.05, 3.63) is 252 Å². The van der Waals surface area contributed by atoms with Crippen LogP contribution in [0.4, 0.5) is 8.78 Å². The van der Waals surface area contributed by atoms with Gasteiger partial charge in [0.05, 0.1) is 34.3 Å². The molecule has 0 radical (unpaired) electrons. The van der Waals surface area contributed by atoms with Gasteiger partial charge < -0.3 is 40.3 Å². The average molecular weight is 1520 g/mol. The molecule has 8 aromatic carbocycles. The van der Waals surface area contributed by atoms with Gasteiger partial charge in [0.1, 0.15) is 70.6 Å². The minimum absolute atomic E-state index is 0.0156. The summed E-state index contributed by atoms with van der Waals surface area (Å²) in [5.41, 5.74) is 9.85. The van der Waals surface area contributed by atoms with E-state index in [1.165, 1.54) is 50.0 Å². The summed E-state index contributed by atoms with van der Waals surface area (Å²) in [6.45, 7) is 9.01. The van der Waals surface area contributed by atoms with Crippen LogP contribution in [0.25, 0.3) is 22.8 Å². The van der Waals surface area contributed by atoms with Crippen LogP contribution in [0.1, 0.15) is 79.9 Å². The summed E-state index contributed by atoms with van der Waals surface area (Å²) in [7, 11) is 8.74. The molecule has 4 aliphatic rings. The number of halogens is 5. The van der Waals surface area contributed by atoms with Crippen LogP contribution in [0.5, 0.6) is 11.5 Å². The van der Waals surface area contributed by atoms with Crippen LogP contribution in [-0.2, 0) is 29.0 Å². The SMILES string of the molecule is C#CC(C)(O)C1(C)CC1.CC(O)(C#Cc1cc2c(cc1F)OCCn1cc(C(N)=O)nc1-2)C1(C)CC1.NC(=O)c1cn2c(n1)-c1cc(Br)c(F)cc1OCC2.[Cl][Pd][Cl].c1ccc(P(c2ccccc2)c2ccccc2)cc1.c1ccc(P(c2ccccc2)c2ccccc2)cc1. The van der Waals surface area contributed by atoms with Gasteiger partial charge in [-0.1, -0.05) is 214 Å². The molecule has 96 heavy (non-hydrogen) atoms. The molecule has 20 heteroatoms. The fraction of sp³-hybridized carbons (Fsp3) is 0.211. The molecular formula is C76H71BrCl2F2N6O6P2Pd. The minimum atomic E-state index is -1.19. The number of fused-ring (bicyclic) bond motifs is 6. The van der Waals surface area contributed by atoms with Crippen molar-refractivity contribution in [2.45, 2.75) is 77.7 Å². The molecule has 2 aliphatic carbocycles. The number of terminal acetylenes is 1. The Morgan fingerprint density at radius 2 is 0.885 bits per heavy atom. The first-order chi connectivity index (χ1) is 46.1. The van der Waals surface area contributed by atoms with Crippen molar-refractivity contribution in [3.63, 3.8) is 0 Å². The van der Waals surface area contributed by atoms with Gasteiger partial charge in [0.2, 0.25) is 0 Å². The van der Waals surface area contributed by atoms with E-state index in [-0.39, 0.29) is 43.7 Å². The number of aliphatic hydroxyl groups is 2. The van der Waals surface area contributed by atoms with E-state index >= 15 is 0 Å². The van der Waals surface area contributed by atoms with Gasteiger partial charge in [-0.3, -0.25) is 9.59 Å². The number of hydrogen-bond donors (Lipinski definition) is 4. The molecule has 2 atom stereocenters. The molecule has 2 unspecified atom stereocenters. The summed E-state index contributed by atoms with van der Waals surface area (Å²) in [5, 5.41) is 28.5. The van der Waals surface area contributed by atoms with Crippen molar-refractivity contribution in [1.29, 1.82) is 0 Å². The average Bonchev–Trinajstić information content (AvgIpc) is 1.29. The molecule has 6 N–H and O–H groups in total. The molecule has 12 nitrogen and oxygen atoms in total. The predicted octanol–water partition coefficient (Wildman–Crippen LogP) is 13.5. The Morgan fingerprint density at radius 1 is 0.573 bits per heavy atom. The topological polar surface area (TPSA) is 181 Å². The van der Waals surface area contributed by atoms with Crippen LogP contribution in [0.3, 0.4) is 0 Å². The fourth-order valence-electron chi connectivity index (χ4n) is 10.3. The maximum atomic E-state index is 14.5. The first-order valence-electron chi connectivity index (χ1n) is 30.6. The maximum Gasteiger partial charge on any atom is -0.0134 e. The third-order valence-corrected chi connectivity index (χ3v) is 22.5. The summed E-state index contributed by atoms with van der Waals surface area (Å²) in [6.07, 6.45) is 12.2. The molecule has 2 aliphatic heterocycles. The van der Waals surface area contributed by atoms with Gasteiger partial charge in [0.15, 0.2) is 0 Å². The quantitative estimate of drug-likeness (QED) is 0.0593. The molecule has 2 fully saturated rings. The van der Waals surface area contributed by atoms with Crippen LogP contribution < -0.4 is 52.8 Å². The van der Waals surface area contributed by atoms with Gasteiger partial charge in [-0.15, -0.1) is 6.42 Å². The normalized spacial score (nSPS) is 14.9. The van der Waals surface area contributed by atoms with Crippen molar-refractivity contribution in [1.82, 2.24) is 19.1 Å². The molecule has 0 spiro atoms. The molecule has 496 valence electrons. The van der Waals surface area contributed by atoms with Gasteiger partial charge in [-0.05, 0) is 115 Å². The van der Waals surface area contributed by atoms with Gasteiger partial charge in [0.25, 0.3) is 11.8 Å². The van der Waals surface area contributed by atoms with E-state index in [0.29, 0.717) is 65.1 Å². The van der Waals surface area contributed by atoms with Crippen molar-refractivity contribution in [2.75, 3.05) is 13.2 Å². The van der Waals surface area contributed by atoms with E-state index < -0.39 is 50.5 Å². The van der Waals surface area contributed by atoms with Crippen molar-refractivity contribution >= 4 is 94.5 Å². The van der Waals surface area contributed by atoms with E-state index in [2.05, 4.69) is 226 Å². The first kappa shape index (κ1) is 72.5. The molecule has 2 aromatic heterocycles. The Balaban J connectivity index is 0.000000143. The van der Waals surface area contributed by atoms with Crippen LogP contribution in [0, 0.1) is 46.6 Å². The second-order valence-electron chi connectivity index (χ2n) is 23.7. The Kier molecular flexibility index (Phi) is 24.9. The largest absolute Gasteiger partial charge is 0.0622 e. The molecule has 4 heterocycles. The van der Waals surface area contributed by atoms with Gasteiger partial charge in [-0.2, -0.15) is 0 Å². The first-order valence-corrected chi connectivity index (χ1v) is 38.1. The van der Waals surface area contributed by atoms with Crippen molar-refractivity contribution in [2.24, 2.45) is 22.3 Å². The predicted molar refractivity (Wildman–Crippen MR) is 385 cm³/mol. The Morgan fingerprint density at radius 3 is 1.19 bits per heavy atom. The van der Waals surface area contributed by atoms with Crippen LogP contribution in [0.2, 0.25) is 0 Å². The zero-order valence-corrected chi connectivity index (χ0v) is 59.5. The fourth-order valence-corrected chi connectivity index (χ4v) is 15.3. The Bertz CT molecular complexity index is 4080. The molecule has 2 amide bonds. The number of hydrogen-bond acceptors (Lipinski definition) is 8. The molecule has 10 aromatic rings. The summed E-state index contributed by atoms with van der Waals surface area (Å²) in [5.74, 6) is 7.57. The van der Waals surface area contributed by atoms with Crippen LogP contribution >= 0.6 is 50.8 Å².